The standard InChI is InChI=1S/C6H12F4NP/c1-6-2-4-11(5-3-6)12(7,8,9)10/h6H,2-5H2,1H3. The van der Waals surface area contributed by atoms with Gasteiger partial charge in [0, 0.05) is 0 Å². The van der Waals surface area contributed by atoms with Crippen LogP contribution in [0.25, 0.3) is 0 Å². The number of halogens is 4. The Bertz CT molecular complexity index is 161. The first-order chi connectivity index (χ1) is 5.26. The van der Waals surface area contributed by atoms with Crippen LogP contribution in [-0.2, 0) is 0 Å². The van der Waals surface area contributed by atoms with E-state index in [-0.39, 0.29) is 17.8 Å². The van der Waals surface area contributed by atoms with E-state index in [4.69, 9.17) is 0 Å². The third-order valence-corrected chi connectivity index (χ3v) is 3.44. The first kappa shape index (κ1) is 10.2. The van der Waals surface area contributed by atoms with Crippen LogP contribution in [0.15, 0.2) is 0 Å². The van der Waals surface area contributed by atoms with Gasteiger partial charge in [-0.15, -0.1) is 0 Å². The zero-order valence-electron chi connectivity index (χ0n) is 6.81. The summed E-state index contributed by atoms with van der Waals surface area (Å²) in [7, 11) is -7.41. The van der Waals surface area contributed by atoms with Crippen LogP contribution in [0.3, 0.4) is 0 Å². The number of piperidine rings is 1. The fraction of sp³-hybridized carbons (Fsp3) is 1.00. The Labute approximate surface area is 69.2 Å². The maximum absolute atomic E-state index is 12.1. The second kappa shape index (κ2) is 2.81. The van der Waals surface area contributed by atoms with Crippen LogP contribution in [0, 0.1) is 5.92 Å². The van der Waals surface area contributed by atoms with Gasteiger partial charge in [-0.05, 0) is 0 Å². The van der Waals surface area contributed by atoms with Crippen LogP contribution in [0.4, 0.5) is 16.8 Å². The van der Waals surface area contributed by atoms with Crippen LogP contribution in [-0.4, -0.2) is 17.8 Å². The molecule has 12 heavy (non-hydrogen) atoms. The average Bonchev–Trinajstić information content (AvgIpc) is 1.84. The van der Waals surface area contributed by atoms with E-state index in [1.54, 1.807) is 0 Å². The van der Waals surface area contributed by atoms with Crippen molar-refractivity contribution in [2.75, 3.05) is 13.1 Å². The Kier molecular flexibility index (Phi) is 2.39. The monoisotopic (exact) mass is 205 g/mol. The van der Waals surface area contributed by atoms with Gasteiger partial charge in [-0.25, -0.2) is 0 Å². The zero-order chi connectivity index (χ0) is 9.43. The molecule has 1 saturated heterocycles. The van der Waals surface area contributed by atoms with Crippen LogP contribution < -0.4 is 0 Å². The van der Waals surface area contributed by atoms with Gasteiger partial charge in [-0.3, -0.25) is 0 Å². The molecule has 0 atom stereocenters. The van der Waals surface area contributed by atoms with Gasteiger partial charge in [0.2, 0.25) is 0 Å². The van der Waals surface area contributed by atoms with E-state index < -0.39 is 8.00 Å². The Morgan fingerprint density at radius 3 is 1.83 bits per heavy atom. The van der Waals surface area contributed by atoms with Crippen molar-refractivity contribution in [2.24, 2.45) is 5.92 Å². The summed E-state index contributed by atoms with van der Waals surface area (Å²) in [6.07, 6.45) is 0.888. The van der Waals surface area contributed by atoms with Crippen molar-refractivity contribution in [3.05, 3.63) is 0 Å². The van der Waals surface area contributed by atoms with Crippen LogP contribution >= 0.6 is 8.00 Å². The molecule has 1 nitrogen and oxygen atoms in total. The molecule has 0 aromatic carbocycles. The van der Waals surface area contributed by atoms with Crippen LogP contribution in [0.2, 0.25) is 0 Å². The molecular formula is C6H12F4NP. The summed E-state index contributed by atoms with van der Waals surface area (Å²) < 4.78 is 48.7. The topological polar surface area (TPSA) is 3.24 Å². The Balaban J connectivity index is 2.56. The fourth-order valence-corrected chi connectivity index (χ4v) is 2.13. The van der Waals surface area contributed by atoms with Crippen LogP contribution in [0.1, 0.15) is 19.8 Å². The van der Waals surface area contributed by atoms with Crippen molar-refractivity contribution in [3.8, 4) is 0 Å². The maximum atomic E-state index is 12.1. The number of hydrogen-bond acceptors (Lipinski definition) is 1. The summed E-state index contributed by atoms with van der Waals surface area (Å²) in [5, 5.41) is 0. The molecule has 0 saturated carbocycles. The molecule has 0 bridgehead atoms. The molecule has 1 rings (SSSR count). The van der Waals surface area contributed by atoms with Crippen molar-refractivity contribution in [3.63, 3.8) is 0 Å². The van der Waals surface area contributed by atoms with Gasteiger partial charge >= 0.3 is 68.2 Å². The van der Waals surface area contributed by atoms with Crippen molar-refractivity contribution in [1.82, 2.24) is 4.67 Å². The third kappa shape index (κ3) is 2.56. The molecule has 0 amide bonds. The average molecular weight is 205 g/mol. The molecule has 0 unspecified atom stereocenters. The van der Waals surface area contributed by atoms with Gasteiger partial charge in [0.1, 0.15) is 0 Å². The third-order valence-electron chi connectivity index (χ3n) is 2.19. The second-order valence-corrected chi connectivity index (χ2v) is 5.26. The van der Waals surface area contributed by atoms with E-state index >= 15 is 0 Å². The molecule has 0 aliphatic carbocycles. The predicted octanol–water partition coefficient (Wildman–Crippen LogP) is 3.72. The first-order valence-corrected chi connectivity index (χ1v) is 5.65. The number of hydrogen-bond donors (Lipinski definition) is 0. The van der Waals surface area contributed by atoms with Gasteiger partial charge in [0.25, 0.3) is 0 Å². The van der Waals surface area contributed by atoms with Gasteiger partial charge in [-0.1, -0.05) is 0 Å². The van der Waals surface area contributed by atoms with Crippen molar-refractivity contribution in [1.29, 1.82) is 0 Å². The Hall–Kier alpha value is 0.110. The summed E-state index contributed by atoms with van der Waals surface area (Å²) >= 11 is 0. The number of rotatable bonds is 1. The van der Waals surface area contributed by atoms with E-state index in [1.165, 1.54) is 0 Å². The molecule has 1 fully saturated rings. The summed E-state index contributed by atoms with van der Waals surface area (Å²) in [5.74, 6) is 0.291. The minimum absolute atomic E-state index is 0.0750. The summed E-state index contributed by atoms with van der Waals surface area (Å²) in [4.78, 5) is 0. The fourth-order valence-electron chi connectivity index (χ4n) is 1.30. The van der Waals surface area contributed by atoms with E-state index in [0.717, 1.165) is 0 Å². The van der Waals surface area contributed by atoms with Crippen molar-refractivity contribution in [2.45, 2.75) is 19.8 Å². The summed E-state index contributed by atoms with van der Waals surface area (Å²) in [6, 6.07) is 0. The molecule has 0 radical (unpaired) electrons. The molecule has 6 heteroatoms. The normalized spacial score (nSPS) is 26.6. The SMILES string of the molecule is CC1CCN(P(F)(F)(F)F)CC1. The molecule has 0 aromatic heterocycles. The minimum atomic E-state index is -7.41. The molecule has 0 spiro atoms. The zero-order valence-corrected chi connectivity index (χ0v) is 7.71. The van der Waals surface area contributed by atoms with Crippen LogP contribution in [0.5, 0.6) is 0 Å². The van der Waals surface area contributed by atoms with Gasteiger partial charge in [-0.2, -0.15) is 0 Å². The number of nitrogens with zero attached hydrogens (tertiary/aromatic N) is 1. The molecule has 0 N–H and O–H groups in total. The predicted molar refractivity (Wildman–Crippen MR) is 41.3 cm³/mol. The first-order valence-electron chi connectivity index (χ1n) is 3.90. The van der Waals surface area contributed by atoms with E-state index in [9.17, 15) is 16.8 Å². The summed E-state index contributed by atoms with van der Waals surface area (Å²) in [5.41, 5.74) is 0. The van der Waals surface area contributed by atoms with Gasteiger partial charge < -0.3 is 0 Å². The van der Waals surface area contributed by atoms with Crippen molar-refractivity contribution >= 4 is 8.00 Å². The summed E-state index contributed by atoms with van der Waals surface area (Å²) in [6.45, 7) is 1.55. The Morgan fingerprint density at radius 1 is 1.08 bits per heavy atom. The molecule has 1 aliphatic heterocycles. The van der Waals surface area contributed by atoms with E-state index in [0.29, 0.717) is 18.8 Å². The van der Waals surface area contributed by atoms with E-state index in [2.05, 4.69) is 0 Å². The molecule has 74 valence electrons. The molecular weight excluding hydrogens is 193 g/mol. The molecule has 1 aliphatic rings. The Morgan fingerprint density at radius 2 is 1.50 bits per heavy atom. The molecule has 1 heterocycles. The van der Waals surface area contributed by atoms with Gasteiger partial charge in [0.05, 0.1) is 0 Å². The second-order valence-electron chi connectivity index (χ2n) is 3.32. The van der Waals surface area contributed by atoms with Gasteiger partial charge in [0.15, 0.2) is 0 Å². The van der Waals surface area contributed by atoms with Crippen molar-refractivity contribution < 1.29 is 16.8 Å². The quantitative estimate of drug-likeness (QED) is 0.465. The van der Waals surface area contributed by atoms with E-state index in [1.807, 2.05) is 6.92 Å². The molecule has 0 aromatic rings.